The van der Waals surface area contributed by atoms with Gasteiger partial charge >= 0.3 is 0 Å². The minimum absolute atomic E-state index is 0.248. The SMILES string of the molecule is CN/C=C(\C(=N)c1ccc(OCCN2CCCCC2)cc1)c1cnc2ccc(N/C(N)=C/C(=C\N)C(C)C)nc2c1. The monoisotopic (exact) mass is 554 g/mol. The highest BCUT2D eigenvalue weighted by Gasteiger charge is 2.14. The van der Waals surface area contributed by atoms with Gasteiger partial charge < -0.3 is 26.8 Å². The quantitative estimate of drug-likeness (QED) is 0.158. The second-order valence-electron chi connectivity index (χ2n) is 10.5. The molecule has 0 unspecified atom stereocenters. The van der Waals surface area contributed by atoms with Crippen LogP contribution in [0.1, 0.15) is 44.2 Å². The molecule has 0 amide bonds. The minimum Gasteiger partial charge on any atom is -0.492 e. The Kier molecular flexibility index (Phi) is 10.3. The average molecular weight is 555 g/mol. The van der Waals surface area contributed by atoms with E-state index in [0.717, 1.165) is 47.6 Å². The van der Waals surface area contributed by atoms with Crippen molar-refractivity contribution in [2.45, 2.75) is 33.1 Å². The summed E-state index contributed by atoms with van der Waals surface area (Å²) < 4.78 is 5.98. The predicted octanol–water partition coefficient (Wildman–Crippen LogP) is 4.83. The van der Waals surface area contributed by atoms with Gasteiger partial charge in [0, 0.05) is 42.7 Å². The lowest BCUT2D eigenvalue weighted by molar-refractivity contribution is 0.183. The molecule has 3 heterocycles. The van der Waals surface area contributed by atoms with Gasteiger partial charge in [-0.05, 0) is 92.2 Å². The number of fused-ring (bicyclic) bond motifs is 1. The van der Waals surface area contributed by atoms with Crippen LogP contribution in [0.25, 0.3) is 16.6 Å². The number of allylic oxidation sites excluding steroid dienone is 3. The van der Waals surface area contributed by atoms with Crippen LogP contribution in [0.5, 0.6) is 5.75 Å². The highest BCUT2D eigenvalue weighted by Crippen LogP contribution is 2.24. The molecule has 0 spiro atoms. The summed E-state index contributed by atoms with van der Waals surface area (Å²) in [5.41, 5.74) is 16.9. The number of ether oxygens (including phenoxy) is 1. The number of nitrogens with one attached hydrogen (secondary N) is 3. The molecule has 0 aliphatic carbocycles. The van der Waals surface area contributed by atoms with Gasteiger partial charge in [-0.2, -0.15) is 0 Å². The predicted molar refractivity (Wildman–Crippen MR) is 169 cm³/mol. The molecule has 1 fully saturated rings. The third kappa shape index (κ3) is 8.08. The summed E-state index contributed by atoms with van der Waals surface area (Å²) in [7, 11) is 1.82. The molecule has 0 saturated carbocycles. The zero-order valence-corrected chi connectivity index (χ0v) is 24.3. The van der Waals surface area contributed by atoms with Crippen LogP contribution >= 0.6 is 0 Å². The fourth-order valence-corrected chi connectivity index (χ4v) is 4.79. The smallest absolute Gasteiger partial charge is 0.132 e. The molecule has 41 heavy (non-hydrogen) atoms. The molecule has 1 saturated heterocycles. The largest absolute Gasteiger partial charge is 0.492 e. The number of hydrogen-bond acceptors (Lipinski definition) is 9. The van der Waals surface area contributed by atoms with Crippen molar-refractivity contribution in [3.63, 3.8) is 0 Å². The van der Waals surface area contributed by atoms with E-state index in [-0.39, 0.29) is 5.92 Å². The van der Waals surface area contributed by atoms with E-state index in [9.17, 15) is 0 Å². The molecule has 0 atom stereocenters. The Bertz CT molecular complexity index is 1420. The van der Waals surface area contributed by atoms with Crippen LogP contribution in [0.4, 0.5) is 5.82 Å². The van der Waals surface area contributed by atoms with E-state index in [4.69, 9.17) is 26.6 Å². The highest BCUT2D eigenvalue weighted by molar-refractivity contribution is 6.30. The number of hydrogen-bond donors (Lipinski definition) is 5. The molecule has 216 valence electrons. The summed E-state index contributed by atoms with van der Waals surface area (Å²) in [5, 5.41) is 15.2. The Balaban J connectivity index is 1.48. The number of aromatic nitrogens is 2. The van der Waals surface area contributed by atoms with Gasteiger partial charge in [0.05, 0.1) is 16.7 Å². The van der Waals surface area contributed by atoms with Crippen LogP contribution in [0.3, 0.4) is 0 Å². The molecular formula is C32H42N8O. The Morgan fingerprint density at radius 3 is 2.51 bits per heavy atom. The third-order valence-corrected chi connectivity index (χ3v) is 7.13. The fourth-order valence-electron chi connectivity index (χ4n) is 4.79. The molecule has 9 nitrogen and oxygen atoms in total. The zero-order valence-electron chi connectivity index (χ0n) is 24.3. The standard InChI is InChI=1S/C32H42N8O/c1-22(2)24(19-33)18-30(34)39-31-12-11-28-29(38-31)17-25(20-37-28)27(21-36-3)32(35)23-7-9-26(10-8-23)41-16-15-40-13-5-4-6-14-40/h7-12,17-22,35-36H,4-6,13-16,33-34H2,1-3H3,(H,38,39)/b24-19+,27-21-,30-18+,35-32?. The summed E-state index contributed by atoms with van der Waals surface area (Å²) in [5.74, 6) is 2.10. The average Bonchev–Trinajstić information content (AvgIpc) is 2.98. The Hall–Kier alpha value is -4.37. The first-order valence-corrected chi connectivity index (χ1v) is 14.2. The second kappa shape index (κ2) is 14.3. The van der Waals surface area contributed by atoms with E-state index in [2.05, 4.69) is 34.4 Å². The summed E-state index contributed by atoms with van der Waals surface area (Å²) in [6.07, 6.45) is 10.8. The zero-order chi connectivity index (χ0) is 29.2. The normalized spacial score (nSPS) is 15.3. The topological polar surface area (TPSA) is 138 Å². The molecule has 9 heteroatoms. The molecule has 0 bridgehead atoms. The second-order valence-corrected chi connectivity index (χ2v) is 10.5. The van der Waals surface area contributed by atoms with Gasteiger partial charge in [-0.25, -0.2) is 4.98 Å². The fraction of sp³-hybridized carbons (Fsp3) is 0.344. The number of nitrogens with two attached hydrogens (primary N) is 2. The molecular weight excluding hydrogens is 512 g/mol. The number of anilines is 1. The van der Waals surface area contributed by atoms with E-state index in [1.165, 1.54) is 19.3 Å². The first-order valence-electron chi connectivity index (χ1n) is 14.2. The maximum Gasteiger partial charge on any atom is 0.132 e. The van der Waals surface area contributed by atoms with Gasteiger partial charge in [-0.3, -0.25) is 15.3 Å². The Morgan fingerprint density at radius 1 is 1.07 bits per heavy atom. The summed E-state index contributed by atoms with van der Waals surface area (Å²) in [6, 6.07) is 13.4. The molecule has 7 N–H and O–H groups in total. The maximum absolute atomic E-state index is 8.98. The van der Waals surface area contributed by atoms with Crippen molar-refractivity contribution in [1.82, 2.24) is 20.2 Å². The van der Waals surface area contributed by atoms with Crippen LogP contribution in [-0.2, 0) is 0 Å². The number of rotatable bonds is 12. The maximum atomic E-state index is 8.98. The first kappa shape index (κ1) is 29.6. The molecule has 1 aromatic carbocycles. The number of piperidine rings is 1. The lowest BCUT2D eigenvalue weighted by atomic mass is 9.97. The van der Waals surface area contributed by atoms with Gasteiger partial charge in [0.25, 0.3) is 0 Å². The number of pyridine rings is 2. The number of likely N-dealkylation sites (tertiary alicyclic amines) is 1. The summed E-state index contributed by atoms with van der Waals surface area (Å²) >= 11 is 0. The molecule has 2 aromatic heterocycles. The molecule has 0 radical (unpaired) electrons. The van der Waals surface area contributed by atoms with Gasteiger partial charge in [0.15, 0.2) is 0 Å². The van der Waals surface area contributed by atoms with Crippen molar-refractivity contribution in [1.29, 1.82) is 5.41 Å². The molecule has 1 aliphatic rings. The summed E-state index contributed by atoms with van der Waals surface area (Å²) in [4.78, 5) is 11.8. The van der Waals surface area contributed by atoms with Crippen molar-refractivity contribution < 1.29 is 4.74 Å². The first-order chi connectivity index (χ1) is 19.9. The lowest BCUT2D eigenvalue weighted by Crippen LogP contribution is -2.33. The van der Waals surface area contributed by atoms with E-state index in [1.54, 1.807) is 12.4 Å². The van der Waals surface area contributed by atoms with Crippen LogP contribution in [0, 0.1) is 11.3 Å². The van der Waals surface area contributed by atoms with Gasteiger partial charge in [-0.15, -0.1) is 0 Å². The van der Waals surface area contributed by atoms with Crippen LogP contribution in [-0.4, -0.2) is 53.9 Å². The van der Waals surface area contributed by atoms with Gasteiger partial charge in [-0.1, -0.05) is 20.3 Å². The van der Waals surface area contributed by atoms with Crippen molar-refractivity contribution in [3.05, 3.63) is 89.7 Å². The van der Waals surface area contributed by atoms with Crippen LogP contribution in [0.2, 0.25) is 0 Å². The van der Waals surface area contributed by atoms with E-state index < -0.39 is 0 Å². The van der Waals surface area contributed by atoms with Gasteiger partial charge in [0.2, 0.25) is 0 Å². The van der Waals surface area contributed by atoms with E-state index in [0.29, 0.717) is 35.0 Å². The summed E-state index contributed by atoms with van der Waals surface area (Å²) in [6.45, 7) is 8.04. The number of nitrogens with zero attached hydrogens (tertiary/aromatic N) is 3. The molecule has 3 aromatic rings. The third-order valence-electron chi connectivity index (χ3n) is 7.13. The number of benzene rings is 1. The van der Waals surface area contributed by atoms with Crippen molar-refractivity contribution in [2.75, 3.05) is 38.6 Å². The molecule has 1 aliphatic heterocycles. The highest BCUT2D eigenvalue weighted by atomic mass is 16.5. The Morgan fingerprint density at radius 2 is 1.83 bits per heavy atom. The van der Waals surface area contributed by atoms with E-state index >= 15 is 0 Å². The Labute approximate surface area is 242 Å². The van der Waals surface area contributed by atoms with Crippen LogP contribution in [0.15, 0.2) is 78.5 Å². The molecule has 4 rings (SSSR count). The van der Waals surface area contributed by atoms with Crippen LogP contribution < -0.4 is 26.8 Å². The van der Waals surface area contributed by atoms with E-state index in [1.807, 2.05) is 61.8 Å². The van der Waals surface area contributed by atoms with Crippen molar-refractivity contribution in [3.8, 4) is 5.75 Å². The van der Waals surface area contributed by atoms with Gasteiger partial charge in [0.1, 0.15) is 24.0 Å². The van der Waals surface area contributed by atoms with Crippen molar-refractivity contribution >= 4 is 28.1 Å². The van der Waals surface area contributed by atoms with Crippen molar-refractivity contribution in [2.24, 2.45) is 17.4 Å². The lowest BCUT2D eigenvalue weighted by Gasteiger charge is -2.26. The minimum atomic E-state index is 0.248.